The molecule has 0 aliphatic carbocycles. The minimum atomic E-state index is -4.65. The Kier molecular flexibility index (Phi) is 5.26. The van der Waals surface area contributed by atoms with E-state index >= 15 is 0 Å². The molecule has 2 N–H and O–H groups in total. The molecule has 1 saturated heterocycles. The van der Waals surface area contributed by atoms with Crippen LogP contribution < -0.4 is 5.32 Å². The minimum absolute atomic E-state index is 0.0000216. The maximum Gasteiger partial charge on any atom is 0.417 e. The number of alkyl halides is 3. The first kappa shape index (κ1) is 17.7. The van der Waals surface area contributed by atoms with Crippen molar-refractivity contribution in [2.45, 2.75) is 31.2 Å². The van der Waals surface area contributed by atoms with Gasteiger partial charge >= 0.3 is 6.18 Å². The monoisotopic (exact) mass is 334 g/mol. The van der Waals surface area contributed by atoms with E-state index in [0.717, 1.165) is 5.56 Å². The third kappa shape index (κ3) is 4.65. The first-order valence-corrected chi connectivity index (χ1v) is 7.22. The van der Waals surface area contributed by atoms with Crippen LogP contribution in [0.25, 0.3) is 0 Å². The van der Waals surface area contributed by atoms with E-state index in [0.29, 0.717) is 0 Å². The van der Waals surface area contributed by atoms with Crippen molar-refractivity contribution in [1.82, 2.24) is 10.2 Å². The highest BCUT2D eigenvalue weighted by atomic mass is 19.4. The van der Waals surface area contributed by atoms with E-state index in [9.17, 15) is 27.5 Å². The Morgan fingerprint density at radius 3 is 2.30 bits per heavy atom. The van der Waals surface area contributed by atoms with Gasteiger partial charge in [-0.25, -0.2) is 4.39 Å². The average molecular weight is 334 g/mol. The summed E-state index contributed by atoms with van der Waals surface area (Å²) in [6.45, 7) is 0.189. The van der Waals surface area contributed by atoms with Crippen LogP contribution in [-0.2, 0) is 11.3 Å². The van der Waals surface area contributed by atoms with Crippen molar-refractivity contribution in [2.75, 3.05) is 19.6 Å². The van der Waals surface area contributed by atoms with Crippen molar-refractivity contribution in [3.63, 3.8) is 0 Å². The van der Waals surface area contributed by atoms with Gasteiger partial charge in [0, 0.05) is 19.6 Å². The van der Waals surface area contributed by atoms with Gasteiger partial charge in [-0.2, -0.15) is 13.2 Å². The maximum absolute atomic E-state index is 12.7. The number of likely N-dealkylation sites (tertiary alicyclic amines) is 1. The van der Waals surface area contributed by atoms with E-state index in [1.165, 1.54) is 12.1 Å². The first-order valence-electron chi connectivity index (χ1n) is 7.22. The van der Waals surface area contributed by atoms with E-state index in [1.54, 1.807) is 17.0 Å². The Hall–Kier alpha value is -1.67. The van der Waals surface area contributed by atoms with Gasteiger partial charge in [0.2, 0.25) is 5.91 Å². The zero-order valence-corrected chi connectivity index (χ0v) is 12.4. The average Bonchev–Trinajstić information content (AvgIpc) is 2.48. The SMILES string of the molecule is O=C(CN1CCC(O)(C(F)(F)F)CC1)NCc1ccc(F)cc1. The van der Waals surface area contributed by atoms with Gasteiger partial charge in [-0.1, -0.05) is 12.1 Å². The van der Waals surface area contributed by atoms with Crippen LogP contribution in [0.3, 0.4) is 0 Å². The summed E-state index contributed by atoms with van der Waals surface area (Å²) in [5.41, 5.74) is -1.93. The lowest BCUT2D eigenvalue weighted by atomic mass is 9.91. The maximum atomic E-state index is 12.7. The molecule has 23 heavy (non-hydrogen) atoms. The molecule has 1 amide bonds. The summed E-state index contributed by atoms with van der Waals surface area (Å²) in [4.78, 5) is 13.4. The van der Waals surface area contributed by atoms with E-state index in [2.05, 4.69) is 5.32 Å². The van der Waals surface area contributed by atoms with Gasteiger partial charge in [0.1, 0.15) is 5.82 Å². The normalized spacial score (nSPS) is 18.7. The molecule has 0 spiro atoms. The fourth-order valence-electron chi connectivity index (χ4n) is 2.43. The molecule has 128 valence electrons. The lowest BCUT2D eigenvalue weighted by Gasteiger charge is -2.38. The third-order valence-electron chi connectivity index (χ3n) is 3.98. The van der Waals surface area contributed by atoms with E-state index < -0.39 is 24.6 Å². The predicted molar refractivity (Wildman–Crippen MR) is 74.9 cm³/mol. The van der Waals surface area contributed by atoms with Gasteiger partial charge in [0.05, 0.1) is 6.54 Å². The van der Waals surface area contributed by atoms with Crippen molar-refractivity contribution < 1.29 is 27.5 Å². The zero-order valence-electron chi connectivity index (χ0n) is 12.4. The van der Waals surface area contributed by atoms with Crippen LogP contribution in [0.5, 0.6) is 0 Å². The Morgan fingerprint density at radius 1 is 1.22 bits per heavy atom. The summed E-state index contributed by atoms with van der Waals surface area (Å²) in [6, 6.07) is 5.65. The van der Waals surface area contributed by atoms with Gasteiger partial charge in [0.15, 0.2) is 5.60 Å². The minimum Gasteiger partial charge on any atom is -0.380 e. The standard InChI is InChI=1S/C15H18F4N2O2/c16-12-3-1-11(2-4-12)9-20-13(22)10-21-7-5-14(23,6-8-21)15(17,18)19/h1-4,23H,5-10H2,(H,20,22). The molecule has 0 unspecified atom stereocenters. The molecule has 0 aromatic heterocycles. The number of carbonyl (C=O) groups is 1. The molecule has 0 bridgehead atoms. The molecule has 0 radical (unpaired) electrons. The first-order chi connectivity index (χ1) is 10.7. The van der Waals surface area contributed by atoms with Crippen LogP contribution in [0.15, 0.2) is 24.3 Å². The number of benzene rings is 1. The molecule has 8 heteroatoms. The second-order valence-corrected chi connectivity index (χ2v) is 5.71. The summed E-state index contributed by atoms with van der Waals surface area (Å²) in [7, 11) is 0. The van der Waals surface area contributed by atoms with Crippen LogP contribution in [-0.4, -0.2) is 47.3 Å². The largest absolute Gasteiger partial charge is 0.417 e. The summed E-state index contributed by atoms with van der Waals surface area (Å²) in [5.74, 6) is -0.697. The molecule has 1 heterocycles. The van der Waals surface area contributed by atoms with E-state index in [1.807, 2.05) is 0 Å². The fraction of sp³-hybridized carbons (Fsp3) is 0.533. The lowest BCUT2D eigenvalue weighted by Crippen LogP contribution is -2.54. The van der Waals surface area contributed by atoms with Gasteiger partial charge in [0.25, 0.3) is 0 Å². The van der Waals surface area contributed by atoms with E-state index in [4.69, 9.17) is 0 Å². The van der Waals surface area contributed by atoms with E-state index in [-0.39, 0.29) is 37.9 Å². The predicted octanol–water partition coefficient (Wildman–Crippen LogP) is 1.83. The smallest absolute Gasteiger partial charge is 0.380 e. The molecule has 4 nitrogen and oxygen atoms in total. The van der Waals surface area contributed by atoms with Crippen molar-refractivity contribution in [3.8, 4) is 0 Å². The number of nitrogens with zero attached hydrogens (tertiary/aromatic N) is 1. The molecule has 1 aromatic carbocycles. The number of aliphatic hydroxyl groups is 1. The van der Waals surface area contributed by atoms with Gasteiger partial charge in [-0.15, -0.1) is 0 Å². The molecule has 0 atom stereocenters. The zero-order chi connectivity index (χ0) is 17.1. The number of hydrogen-bond donors (Lipinski definition) is 2. The Balaban J connectivity index is 1.76. The third-order valence-corrected chi connectivity index (χ3v) is 3.98. The van der Waals surface area contributed by atoms with Crippen LogP contribution in [0.1, 0.15) is 18.4 Å². The number of hydrogen-bond acceptors (Lipinski definition) is 3. The Morgan fingerprint density at radius 2 is 1.78 bits per heavy atom. The number of piperidine rings is 1. The molecular weight excluding hydrogens is 316 g/mol. The van der Waals surface area contributed by atoms with Crippen LogP contribution >= 0.6 is 0 Å². The summed E-state index contributed by atoms with van der Waals surface area (Å²) in [6.07, 6.45) is -5.53. The van der Waals surface area contributed by atoms with Gasteiger partial charge < -0.3 is 10.4 Å². The number of amides is 1. The Labute approximate surface area is 131 Å². The summed E-state index contributed by atoms with van der Waals surface area (Å²) in [5, 5.41) is 12.2. The molecule has 1 aromatic rings. The molecule has 1 aliphatic heterocycles. The highest BCUT2D eigenvalue weighted by Gasteiger charge is 2.54. The quantitative estimate of drug-likeness (QED) is 0.826. The molecule has 0 saturated carbocycles. The van der Waals surface area contributed by atoms with Gasteiger partial charge in [-0.05, 0) is 30.5 Å². The van der Waals surface area contributed by atoms with Crippen LogP contribution in [0.4, 0.5) is 17.6 Å². The number of nitrogens with one attached hydrogen (secondary N) is 1. The molecular formula is C15H18F4N2O2. The Bertz CT molecular complexity index is 537. The topological polar surface area (TPSA) is 52.6 Å². The number of carbonyl (C=O) groups excluding carboxylic acids is 1. The van der Waals surface area contributed by atoms with Crippen molar-refractivity contribution in [3.05, 3.63) is 35.6 Å². The van der Waals surface area contributed by atoms with Crippen molar-refractivity contribution >= 4 is 5.91 Å². The van der Waals surface area contributed by atoms with Crippen molar-refractivity contribution in [2.24, 2.45) is 0 Å². The van der Waals surface area contributed by atoms with Crippen molar-refractivity contribution in [1.29, 1.82) is 0 Å². The highest BCUT2D eigenvalue weighted by molar-refractivity contribution is 5.78. The lowest BCUT2D eigenvalue weighted by molar-refractivity contribution is -0.272. The number of rotatable bonds is 4. The van der Waals surface area contributed by atoms with Gasteiger partial charge in [-0.3, -0.25) is 9.69 Å². The summed E-state index contributed by atoms with van der Waals surface area (Å²) >= 11 is 0. The highest BCUT2D eigenvalue weighted by Crippen LogP contribution is 2.38. The fourth-order valence-corrected chi connectivity index (χ4v) is 2.43. The molecule has 1 aliphatic rings. The number of halogens is 4. The second kappa shape index (κ2) is 6.84. The second-order valence-electron chi connectivity index (χ2n) is 5.71. The molecule has 2 rings (SSSR count). The summed E-state index contributed by atoms with van der Waals surface area (Å²) < 4.78 is 50.8. The van der Waals surface area contributed by atoms with Crippen LogP contribution in [0.2, 0.25) is 0 Å². The molecule has 1 fully saturated rings. The van der Waals surface area contributed by atoms with Crippen LogP contribution in [0, 0.1) is 5.82 Å².